The SMILES string of the molecule is CNC(C)(C#N)CC(C)Oc1cccc2ncccc12. The van der Waals surface area contributed by atoms with Crippen LogP contribution in [0.5, 0.6) is 5.75 Å². The van der Waals surface area contributed by atoms with E-state index in [1.54, 1.807) is 13.2 Å². The lowest BCUT2D eigenvalue weighted by Gasteiger charge is -2.25. The molecule has 2 atom stereocenters. The molecule has 0 aliphatic carbocycles. The first-order valence-corrected chi connectivity index (χ1v) is 6.68. The molecule has 0 saturated carbocycles. The van der Waals surface area contributed by atoms with E-state index in [0.717, 1.165) is 16.7 Å². The Kier molecular flexibility index (Phi) is 4.21. The van der Waals surface area contributed by atoms with Crippen LogP contribution in [-0.2, 0) is 0 Å². The molecular formula is C16H19N3O. The molecule has 0 fully saturated rings. The lowest BCUT2D eigenvalue weighted by molar-refractivity contribution is 0.185. The van der Waals surface area contributed by atoms with Crippen LogP contribution >= 0.6 is 0 Å². The summed E-state index contributed by atoms with van der Waals surface area (Å²) in [4.78, 5) is 4.31. The number of rotatable bonds is 5. The summed E-state index contributed by atoms with van der Waals surface area (Å²) in [5.74, 6) is 0.805. The van der Waals surface area contributed by atoms with Gasteiger partial charge in [-0.15, -0.1) is 0 Å². The average molecular weight is 269 g/mol. The van der Waals surface area contributed by atoms with Crippen molar-refractivity contribution in [2.45, 2.75) is 31.9 Å². The highest BCUT2D eigenvalue weighted by molar-refractivity contribution is 5.84. The molecule has 0 saturated heterocycles. The Bertz CT molecular complexity index is 630. The molecule has 1 aromatic heterocycles. The maximum absolute atomic E-state index is 9.19. The number of aromatic nitrogens is 1. The van der Waals surface area contributed by atoms with Crippen LogP contribution in [0.4, 0.5) is 0 Å². The van der Waals surface area contributed by atoms with Crippen molar-refractivity contribution in [2.24, 2.45) is 0 Å². The number of pyridine rings is 1. The fraction of sp³-hybridized carbons (Fsp3) is 0.375. The summed E-state index contributed by atoms with van der Waals surface area (Å²) < 4.78 is 6.00. The third-order valence-electron chi connectivity index (χ3n) is 3.43. The molecule has 0 aliphatic heterocycles. The minimum absolute atomic E-state index is 0.0714. The van der Waals surface area contributed by atoms with Crippen LogP contribution in [0.1, 0.15) is 20.3 Å². The fourth-order valence-corrected chi connectivity index (χ4v) is 2.21. The number of hydrogen-bond donors (Lipinski definition) is 1. The van der Waals surface area contributed by atoms with Crippen LogP contribution in [0.3, 0.4) is 0 Å². The minimum atomic E-state index is -0.581. The molecule has 104 valence electrons. The van der Waals surface area contributed by atoms with E-state index in [0.29, 0.717) is 6.42 Å². The summed E-state index contributed by atoms with van der Waals surface area (Å²) in [6, 6.07) is 12.0. The standard InChI is InChI=1S/C16H19N3O/c1-12(10-16(2,11-17)18-3)20-15-8-4-7-14-13(15)6-5-9-19-14/h4-9,12,18H,10H2,1-3H3. The number of ether oxygens (including phenoxy) is 1. The Morgan fingerprint density at radius 3 is 2.90 bits per heavy atom. The van der Waals surface area contributed by atoms with Crippen LogP contribution < -0.4 is 10.1 Å². The van der Waals surface area contributed by atoms with Crippen LogP contribution in [0, 0.1) is 11.3 Å². The second-order valence-electron chi connectivity index (χ2n) is 5.15. The Hall–Kier alpha value is -2.12. The maximum Gasteiger partial charge on any atom is 0.129 e. The minimum Gasteiger partial charge on any atom is -0.490 e. The lowest BCUT2D eigenvalue weighted by atomic mass is 9.97. The molecule has 4 nitrogen and oxygen atoms in total. The van der Waals surface area contributed by atoms with E-state index >= 15 is 0 Å². The normalized spacial score (nSPS) is 15.3. The molecule has 0 bridgehead atoms. The van der Waals surface area contributed by atoms with Gasteiger partial charge in [0.1, 0.15) is 11.3 Å². The van der Waals surface area contributed by atoms with Gasteiger partial charge in [0.2, 0.25) is 0 Å². The summed E-state index contributed by atoms with van der Waals surface area (Å²) in [6.45, 7) is 3.85. The molecule has 20 heavy (non-hydrogen) atoms. The Balaban J connectivity index is 2.19. The lowest BCUT2D eigenvalue weighted by Crippen LogP contribution is -2.41. The van der Waals surface area contributed by atoms with Gasteiger partial charge in [-0.2, -0.15) is 5.26 Å². The second-order valence-corrected chi connectivity index (χ2v) is 5.15. The highest BCUT2D eigenvalue weighted by Gasteiger charge is 2.25. The Labute approximate surface area is 119 Å². The summed E-state index contributed by atoms with van der Waals surface area (Å²) in [5.41, 5.74) is 0.330. The van der Waals surface area contributed by atoms with E-state index in [-0.39, 0.29) is 6.10 Å². The highest BCUT2D eigenvalue weighted by atomic mass is 16.5. The van der Waals surface area contributed by atoms with Crippen molar-refractivity contribution in [3.05, 3.63) is 36.5 Å². The van der Waals surface area contributed by atoms with Crippen molar-refractivity contribution in [2.75, 3.05) is 7.05 Å². The van der Waals surface area contributed by atoms with Crippen molar-refractivity contribution in [3.63, 3.8) is 0 Å². The Morgan fingerprint density at radius 2 is 2.20 bits per heavy atom. The number of nitriles is 1. The van der Waals surface area contributed by atoms with Crippen LogP contribution in [-0.4, -0.2) is 23.7 Å². The predicted octanol–water partition coefficient (Wildman–Crippen LogP) is 2.89. The zero-order chi connectivity index (χ0) is 14.6. The quantitative estimate of drug-likeness (QED) is 0.906. The molecule has 2 aromatic rings. The molecular weight excluding hydrogens is 250 g/mol. The van der Waals surface area contributed by atoms with Gasteiger partial charge in [-0.3, -0.25) is 4.98 Å². The molecule has 1 heterocycles. The zero-order valence-corrected chi connectivity index (χ0v) is 12.1. The van der Waals surface area contributed by atoms with Gasteiger partial charge in [0, 0.05) is 18.0 Å². The van der Waals surface area contributed by atoms with Gasteiger partial charge in [0.05, 0.1) is 17.7 Å². The second kappa shape index (κ2) is 5.89. The molecule has 4 heteroatoms. The van der Waals surface area contributed by atoms with Crippen molar-refractivity contribution in [1.82, 2.24) is 10.3 Å². The molecule has 2 unspecified atom stereocenters. The third-order valence-corrected chi connectivity index (χ3v) is 3.43. The van der Waals surface area contributed by atoms with Gasteiger partial charge in [-0.25, -0.2) is 0 Å². The number of hydrogen-bond acceptors (Lipinski definition) is 4. The largest absolute Gasteiger partial charge is 0.490 e. The molecule has 1 N–H and O–H groups in total. The summed E-state index contributed by atoms with van der Waals surface area (Å²) in [5, 5.41) is 13.2. The van der Waals surface area contributed by atoms with Crippen LogP contribution in [0.15, 0.2) is 36.5 Å². The first kappa shape index (κ1) is 14.3. The van der Waals surface area contributed by atoms with Crippen molar-refractivity contribution >= 4 is 10.9 Å². The topological polar surface area (TPSA) is 57.9 Å². The first-order chi connectivity index (χ1) is 9.58. The molecule has 0 radical (unpaired) electrons. The van der Waals surface area contributed by atoms with Crippen LogP contribution in [0.25, 0.3) is 10.9 Å². The number of benzene rings is 1. The molecule has 2 rings (SSSR count). The summed E-state index contributed by atoms with van der Waals surface area (Å²) in [7, 11) is 1.79. The van der Waals surface area contributed by atoms with Crippen molar-refractivity contribution < 1.29 is 4.74 Å². The molecule has 0 spiro atoms. The van der Waals surface area contributed by atoms with Crippen molar-refractivity contribution in [1.29, 1.82) is 5.26 Å². The smallest absolute Gasteiger partial charge is 0.129 e. The van der Waals surface area contributed by atoms with E-state index in [1.165, 1.54) is 0 Å². The van der Waals surface area contributed by atoms with Gasteiger partial charge >= 0.3 is 0 Å². The van der Waals surface area contributed by atoms with E-state index in [1.807, 2.05) is 44.2 Å². The number of nitrogens with one attached hydrogen (secondary N) is 1. The first-order valence-electron chi connectivity index (χ1n) is 6.68. The van der Waals surface area contributed by atoms with Gasteiger partial charge in [-0.05, 0) is 45.2 Å². The third kappa shape index (κ3) is 3.06. The molecule has 0 aliphatic rings. The monoisotopic (exact) mass is 269 g/mol. The Morgan fingerprint density at radius 1 is 1.40 bits per heavy atom. The van der Waals surface area contributed by atoms with Gasteiger partial charge in [0.15, 0.2) is 0 Å². The van der Waals surface area contributed by atoms with Gasteiger partial charge in [0.25, 0.3) is 0 Å². The molecule has 0 amide bonds. The van der Waals surface area contributed by atoms with E-state index < -0.39 is 5.54 Å². The van der Waals surface area contributed by atoms with E-state index in [9.17, 15) is 5.26 Å². The maximum atomic E-state index is 9.19. The highest BCUT2D eigenvalue weighted by Crippen LogP contribution is 2.26. The van der Waals surface area contributed by atoms with Gasteiger partial charge < -0.3 is 10.1 Å². The van der Waals surface area contributed by atoms with Crippen molar-refractivity contribution in [3.8, 4) is 11.8 Å². The number of fused-ring (bicyclic) bond motifs is 1. The van der Waals surface area contributed by atoms with E-state index in [4.69, 9.17) is 4.74 Å². The van der Waals surface area contributed by atoms with E-state index in [2.05, 4.69) is 16.4 Å². The summed E-state index contributed by atoms with van der Waals surface area (Å²) >= 11 is 0. The predicted molar refractivity (Wildman–Crippen MR) is 79.5 cm³/mol. The van der Waals surface area contributed by atoms with Gasteiger partial charge in [-0.1, -0.05) is 6.07 Å². The number of nitrogens with zero attached hydrogens (tertiary/aromatic N) is 2. The zero-order valence-electron chi connectivity index (χ0n) is 12.1. The average Bonchev–Trinajstić information content (AvgIpc) is 2.47. The summed E-state index contributed by atoms with van der Waals surface area (Å²) in [6.07, 6.45) is 2.30. The van der Waals surface area contributed by atoms with Crippen LogP contribution in [0.2, 0.25) is 0 Å². The molecule has 1 aromatic carbocycles. The fourth-order valence-electron chi connectivity index (χ4n) is 2.21.